The minimum Gasteiger partial charge on any atom is -0.398 e. The molecule has 0 aliphatic heterocycles. The van der Waals surface area contributed by atoms with Crippen molar-refractivity contribution in [2.24, 2.45) is 0 Å². The molecule has 0 spiro atoms. The molecule has 0 aromatic heterocycles. The van der Waals surface area contributed by atoms with Crippen LogP contribution in [-0.2, 0) is 4.79 Å². The van der Waals surface area contributed by atoms with Gasteiger partial charge in [-0.2, -0.15) is 0 Å². The van der Waals surface area contributed by atoms with E-state index in [2.05, 4.69) is 0 Å². The highest BCUT2D eigenvalue weighted by atomic mass is 32.2. The number of anilines is 1. The van der Waals surface area contributed by atoms with E-state index in [1.165, 1.54) is 0 Å². The van der Waals surface area contributed by atoms with Crippen LogP contribution in [0.5, 0.6) is 0 Å². The summed E-state index contributed by atoms with van der Waals surface area (Å²) in [6, 6.07) is 5.87. The molecule has 3 nitrogen and oxygen atoms in total. The molecule has 1 amide bonds. The lowest BCUT2D eigenvalue weighted by atomic mass is 10.2. The Hall–Kier alpha value is -1.16. The van der Waals surface area contributed by atoms with E-state index in [4.69, 9.17) is 5.73 Å². The molecule has 2 N–H and O–H groups in total. The number of thioether (sulfide) groups is 1. The minimum atomic E-state index is 0.161. The van der Waals surface area contributed by atoms with E-state index in [1.54, 1.807) is 30.8 Å². The first-order chi connectivity index (χ1) is 7.52. The molecule has 1 aromatic carbocycles. The van der Waals surface area contributed by atoms with Crippen molar-refractivity contribution in [2.75, 3.05) is 25.6 Å². The zero-order valence-electron chi connectivity index (χ0n) is 9.99. The van der Waals surface area contributed by atoms with E-state index < -0.39 is 0 Å². The summed E-state index contributed by atoms with van der Waals surface area (Å²) in [5.74, 6) is 0.954. The predicted octanol–water partition coefficient (Wildman–Crippen LogP) is 2.15. The maximum absolute atomic E-state index is 11.4. The fourth-order valence-electron chi connectivity index (χ4n) is 1.26. The first kappa shape index (κ1) is 12.9. The van der Waals surface area contributed by atoms with Crippen molar-refractivity contribution < 1.29 is 4.79 Å². The Morgan fingerprint density at radius 2 is 2.12 bits per heavy atom. The zero-order valence-corrected chi connectivity index (χ0v) is 10.8. The van der Waals surface area contributed by atoms with Gasteiger partial charge in [-0.1, -0.05) is 6.07 Å². The van der Waals surface area contributed by atoms with Crippen molar-refractivity contribution in [3.8, 4) is 0 Å². The Balaban J connectivity index is 2.49. The lowest BCUT2D eigenvalue weighted by molar-refractivity contribution is -0.128. The van der Waals surface area contributed by atoms with Crippen LogP contribution in [0.2, 0.25) is 0 Å². The average Bonchev–Trinajstić information content (AvgIpc) is 2.24. The van der Waals surface area contributed by atoms with Gasteiger partial charge in [-0.15, -0.1) is 11.8 Å². The summed E-state index contributed by atoms with van der Waals surface area (Å²) < 4.78 is 0. The Morgan fingerprint density at radius 3 is 2.75 bits per heavy atom. The highest BCUT2D eigenvalue weighted by Gasteiger charge is 2.06. The maximum atomic E-state index is 11.4. The van der Waals surface area contributed by atoms with Crippen molar-refractivity contribution in [3.63, 3.8) is 0 Å². The summed E-state index contributed by atoms with van der Waals surface area (Å²) in [6.45, 7) is 2.01. The number of benzene rings is 1. The lowest BCUT2D eigenvalue weighted by Gasteiger charge is -2.11. The Labute approximate surface area is 101 Å². The number of rotatable bonds is 4. The largest absolute Gasteiger partial charge is 0.398 e. The van der Waals surface area contributed by atoms with Gasteiger partial charge in [0, 0.05) is 36.9 Å². The van der Waals surface area contributed by atoms with Gasteiger partial charge in [-0.3, -0.25) is 4.79 Å². The second kappa shape index (κ2) is 5.80. The lowest BCUT2D eigenvalue weighted by Crippen LogP contribution is -2.21. The van der Waals surface area contributed by atoms with E-state index in [-0.39, 0.29) is 5.91 Å². The van der Waals surface area contributed by atoms with Gasteiger partial charge in [0.05, 0.1) is 0 Å². The summed E-state index contributed by atoms with van der Waals surface area (Å²) in [4.78, 5) is 14.1. The average molecular weight is 238 g/mol. The zero-order chi connectivity index (χ0) is 12.1. The number of carbonyl (C=O) groups excluding carboxylic acids is 1. The smallest absolute Gasteiger partial charge is 0.222 e. The van der Waals surface area contributed by atoms with Gasteiger partial charge in [-0.25, -0.2) is 0 Å². The summed E-state index contributed by atoms with van der Waals surface area (Å²) in [5.41, 5.74) is 7.72. The van der Waals surface area contributed by atoms with Crippen molar-refractivity contribution >= 4 is 23.4 Å². The normalized spacial score (nSPS) is 10.2. The molecule has 1 rings (SSSR count). The van der Waals surface area contributed by atoms with E-state index in [0.29, 0.717) is 6.42 Å². The first-order valence-electron chi connectivity index (χ1n) is 5.20. The highest BCUT2D eigenvalue weighted by molar-refractivity contribution is 7.99. The number of nitrogen functional groups attached to an aromatic ring is 1. The standard InChI is InChI=1S/C12H18N2OS/c1-9-10(13)5-4-6-11(9)16-8-7-12(15)14(2)3/h4-6H,7-8,13H2,1-3H3. The number of hydrogen-bond acceptors (Lipinski definition) is 3. The van der Waals surface area contributed by atoms with Crippen molar-refractivity contribution in [1.82, 2.24) is 4.90 Å². The molecule has 0 heterocycles. The summed E-state index contributed by atoms with van der Waals surface area (Å²) >= 11 is 1.68. The number of nitrogens with two attached hydrogens (primary N) is 1. The number of nitrogens with zero attached hydrogens (tertiary/aromatic N) is 1. The van der Waals surface area contributed by atoms with Crippen LogP contribution in [-0.4, -0.2) is 30.7 Å². The first-order valence-corrected chi connectivity index (χ1v) is 6.19. The van der Waals surface area contributed by atoms with E-state index in [9.17, 15) is 4.79 Å². The minimum absolute atomic E-state index is 0.161. The van der Waals surface area contributed by atoms with Crippen molar-refractivity contribution in [2.45, 2.75) is 18.2 Å². The topological polar surface area (TPSA) is 46.3 Å². The van der Waals surface area contributed by atoms with Gasteiger partial charge in [-0.05, 0) is 24.6 Å². The molecular formula is C12H18N2OS. The third-order valence-corrected chi connectivity index (χ3v) is 3.56. The second-order valence-corrected chi connectivity index (χ2v) is 4.99. The monoisotopic (exact) mass is 238 g/mol. The summed E-state index contributed by atoms with van der Waals surface area (Å²) in [5, 5.41) is 0. The van der Waals surface area contributed by atoms with Gasteiger partial charge in [0.2, 0.25) is 5.91 Å². The van der Waals surface area contributed by atoms with Gasteiger partial charge in [0.15, 0.2) is 0 Å². The van der Waals surface area contributed by atoms with Gasteiger partial charge >= 0.3 is 0 Å². The number of amides is 1. The molecular weight excluding hydrogens is 220 g/mol. The molecule has 0 radical (unpaired) electrons. The van der Waals surface area contributed by atoms with Crippen LogP contribution in [0.15, 0.2) is 23.1 Å². The molecule has 88 valence electrons. The Bertz CT molecular complexity index is 377. The van der Waals surface area contributed by atoms with E-state index in [1.807, 2.05) is 25.1 Å². The molecule has 4 heteroatoms. The fraction of sp³-hybridized carbons (Fsp3) is 0.417. The molecule has 0 aliphatic carbocycles. The molecule has 0 saturated carbocycles. The molecule has 16 heavy (non-hydrogen) atoms. The molecule has 0 bridgehead atoms. The Kier molecular flexibility index (Phi) is 4.68. The highest BCUT2D eigenvalue weighted by Crippen LogP contribution is 2.26. The third-order valence-electron chi connectivity index (χ3n) is 2.40. The van der Waals surface area contributed by atoms with Crippen LogP contribution in [0, 0.1) is 6.92 Å². The third kappa shape index (κ3) is 3.45. The van der Waals surface area contributed by atoms with Gasteiger partial charge in [0.1, 0.15) is 0 Å². The molecule has 0 fully saturated rings. The van der Waals surface area contributed by atoms with E-state index in [0.717, 1.165) is 21.9 Å². The SMILES string of the molecule is Cc1c(N)cccc1SCCC(=O)N(C)C. The van der Waals surface area contributed by atoms with Crippen LogP contribution >= 0.6 is 11.8 Å². The van der Waals surface area contributed by atoms with Crippen molar-refractivity contribution in [3.05, 3.63) is 23.8 Å². The molecule has 0 unspecified atom stereocenters. The number of hydrogen-bond donors (Lipinski definition) is 1. The van der Waals surface area contributed by atoms with Crippen LogP contribution in [0.3, 0.4) is 0 Å². The summed E-state index contributed by atoms with van der Waals surface area (Å²) in [7, 11) is 3.55. The van der Waals surface area contributed by atoms with Crippen LogP contribution < -0.4 is 5.73 Å². The van der Waals surface area contributed by atoms with Gasteiger partial charge < -0.3 is 10.6 Å². The van der Waals surface area contributed by atoms with Crippen molar-refractivity contribution in [1.29, 1.82) is 0 Å². The fourth-order valence-corrected chi connectivity index (χ4v) is 2.27. The van der Waals surface area contributed by atoms with Gasteiger partial charge in [0.25, 0.3) is 0 Å². The number of carbonyl (C=O) groups is 1. The predicted molar refractivity (Wildman–Crippen MR) is 69.6 cm³/mol. The maximum Gasteiger partial charge on any atom is 0.222 e. The van der Waals surface area contributed by atoms with Crippen LogP contribution in [0.25, 0.3) is 0 Å². The molecule has 0 saturated heterocycles. The second-order valence-electron chi connectivity index (χ2n) is 3.86. The summed E-state index contributed by atoms with van der Waals surface area (Å²) in [6.07, 6.45) is 0.561. The molecule has 1 aromatic rings. The Morgan fingerprint density at radius 1 is 1.44 bits per heavy atom. The molecule has 0 aliphatic rings. The van der Waals surface area contributed by atoms with Crippen LogP contribution in [0.1, 0.15) is 12.0 Å². The van der Waals surface area contributed by atoms with E-state index >= 15 is 0 Å². The van der Waals surface area contributed by atoms with Crippen LogP contribution in [0.4, 0.5) is 5.69 Å². The quantitative estimate of drug-likeness (QED) is 0.646. The molecule has 0 atom stereocenters.